The summed E-state index contributed by atoms with van der Waals surface area (Å²) in [6, 6.07) is -0.0186. The van der Waals surface area contributed by atoms with Crippen LogP contribution in [0.3, 0.4) is 0 Å². The van der Waals surface area contributed by atoms with Crippen molar-refractivity contribution in [2.45, 2.75) is 13.0 Å². The SMILES string of the molecule is CNCC1C(=O)NCC(C)CN1C. The molecule has 0 aromatic rings. The summed E-state index contributed by atoms with van der Waals surface area (Å²) >= 11 is 0. The lowest BCUT2D eigenvalue weighted by Crippen LogP contribution is -2.47. The van der Waals surface area contributed by atoms with Crippen LogP contribution in [0.15, 0.2) is 0 Å². The molecule has 1 saturated heterocycles. The summed E-state index contributed by atoms with van der Waals surface area (Å²) in [6.07, 6.45) is 0. The van der Waals surface area contributed by atoms with E-state index in [0.717, 1.165) is 19.6 Å². The number of carbonyl (C=O) groups excluding carboxylic acids is 1. The molecule has 13 heavy (non-hydrogen) atoms. The predicted octanol–water partition coefficient (Wildman–Crippen LogP) is -0.728. The summed E-state index contributed by atoms with van der Waals surface area (Å²) in [5.41, 5.74) is 0. The average Bonchev–Trinajstić information content (AvgIpc) is 2.19. The van der Waals surface area contributed by atoms with E-state index in [4.69, 9.17) is 0 Å². The standard InChI is InChI=1S/C9H19N3O/c1-7-4-11-9(13)8(5-10-2)12(3)6-7/h7-8,10H,4-6H2,1-3H3,(H,11,13). The van der Waals surface area contributed by atoms with Gasteiger partial charge in [0, 0.05) is 19.6 Å². The van der Waals surface area contributed by atoms with Crippen LogP contribution in [0.4, 0.5) is 0 Å². The molecule has 2 unspecified atom stereocenters. The van der Waals surface area contributed by atoms with Crippen molar-refractivity contribution in [3.05, 3.63) is 0 Å². The largest absolute Gasteiger partial charge is 0.354 e. The van der Waals surface area contributed by atoms with Crippen LogP contribution in [0.2, 0.25) is 0 Å². The third kappa shape index (κ3) is 2.67. The second-order valence-corrected chi connectivity index (χ2v) is 3.86. The molecule has 2 atom stereocenters. The van der Waals surface area contributed by atoms with Gasteiger partial charge >= 0.3 is 0 Å². The highest BCUT2D eigenvalue weighted by Crippen LogP contribution is 2.06. The van der Waals surface area contributed by atoms with Crippen molar-refractivity contribution in [1.29, 1.82) is 0 Å². The minimum atomic E-state index is -0.0186. The van der Waals surface area contributed by atoms with Crippen LogP contribution in [0.5, 0.6) is 0 Å². The number of rotatable bonds is 2. The van der Waals surface area contributed by atoms with E-state index in [2.05, 4.69) is 22.5 Å². The Hall–Kier alpha value is -0.610. The molecule has 0 bridgehead atoms. The maximum atomic E-state index is 11.6. The molecule has 0 saturated carbocycles. The molecule has 4 heteroatoms. The van der Waals surface area contributed by atoms with Crippen molar-refractivity contribution < 1.29 is 4.79 Å². The van der Waals surface area contributed by atoms with Gasteiger partial charge in [0.1, 0.15) is 6.04 Å². The summed E-state index contributed by atoms with van der Waals surface area (Å²) < 4.78 is 0. The quantitative estimate of drug-likeness (QED) is 0.596. The highest BCUT2D eigenvalue weighted by atomic mass is 16.2. The van der Waals surface area contributed by atoms with Crippen molar-refractivity contribution >= 4 is 5.91 Å². The van der Waals surface area contributed by atoms with Crippen LogP contribution in [0.25, 0.3) is 0 Å². The predicted molar refractivity (Wildman–Crippen MR) is 52.5 cm³/mol. The van der Waals surface area contributed by atoms with Crippen LogP contribution < -0.4 is 10.6 Å². The van der Waals surface area contributed by atoms with Crippen LogP contribution in [-0.4, -0.2) is 50.6 Å². The summed E-state index contributed by atoms with van der Waals surface area (Å²) in [7, 11) is 3.87. The number of likely N-dealkylation sites (N-methyl/N-ethyl adjacent to an activating group) is 2. The minimum Gasteiger partial charge on any atom is -0.354 e. The molecule has 0 radical (unpaired) electrons. The minimum absolute atomic E-state index is 0.0186. The number of hydrogen-bond donors (Lipinski definition) is 2. The van der Waals surface area contributed by atoms with E-state index < -0.39 is 0 Å². The Balaban J connectivity index is 2.61. The first-order valence-corrected chi connectivity index (χ1v) is 4.77. The molecule has 1 fully saturated rings. The van der Waals surface area contributed by atoms with Gasteiger partial charge in [0.25, 0.3) is 0 Å². The zero-order valence-corrected chi connectivity index (χ0v) is 8.63. The van der Waals surface area contributed by atoms with Gasteiger partial charge in [-0.3, -0.25) is 9.69 Å². The summed E-state index contributed by atoms with van der Waals surface area (Å²) in [5, 5.41) is 5.98. The first-order chi connectivity index (χ1) is 6.15. The molecule has 0 spiro atoms. The number of nitrogens with zero attached hydrogens (tertiary/aromatic N) is 1. The van der Waals surface area contributed by atoms with Gasteiger partial charge < -0.3 is 10.6 Å². The van der Waals surface area contributed by atoms with E-state index in [1.165, 1.54) is 0 Å². The van der Waals surface area contributed by atoms with Crippen molar-refractivity contribution in [1.82, 2.24) is 15.5 Å². The molecule has 1 rings (SSSR count). The molecule has 1 aliphatic heterocycles. The fraction of sp³-hybridized carbons (Fsp3) is 0.889. The molecular formula is C9H19N3O. The van der Waals surface area contributed by atoms with Crippen molar-refractivity contribution in [2.24, 2.45) is 5.92 Å². The first-order valence-electron chi connectivity index (χ1n) is 4.77. The molecule has 4 nitrogen and oxygen atoms in total. The van der Waals surface area contributed by atoms with E-state index in [1.807, 2.05) is 14.1 Å². The lowest BCUT2D eigenvalue weighted by Gasteiger charge is -2.24. The third-order valence-electron chi connectivity index (χ3n) is 2.46. The Morgan fingerprint density at radius 1 is 1.69 bits per heavy atom. The molecule has 1 heterocycles. The van der Waals surface area contributed by atoms with E-state index in [0.29, 0.717) is 5.92 Å². The number of hydrogen-bond acceptors (Lipinski definition) is 3. The Bertz CT molecular complexity index is 184. The summed E-state index contributed by atoms with van der Waals surface area (Å²) in [6.45, 7) is 4.64. The zero-order chi connectivity index (χ0) is 9.84. The van der Waals surface area contributed by atoms with Gasteiger partial charge in [-0.1, -0.05) is 6.92 Å². The molecule has 1 amide bonds. The monoisotopic (exact) mass is 185 g/mol. The van der Waals surface area contributed by atoms with Crippen molar-refractivity contribution in [3.63, 3.8) is 0 Å². The van der Waals surface area contributed by atoms with E-state index in [9.17, 15) is 4.79 Å². The van der Waals surface area contributed by atoms with Gasteiger partial charge in [-0.2, -0.15) is 0 Å². The van der Waals surface area contributed by atoms with Crippen molar-refractivity contribution in [2.75, 3.05) is 33.7 Å². The highest BCUT2D eigenvalue weighted by molar-refractivity contribution is 5.82. The molecule has 0 aromatic heterocycles. The first kappa shape index (κ1) is 10.5. The lowest BCUT2D eigenvalue weighted by molar-refractivity contribution is -0.124. The molecule has 0 aromatic carbocycles. The van der Waals surface area contributed by atoms with Gasteiger partial charge in [-0.25, -0.2) is 0 Å². The normalized spacial score (nSPS) is 31.2. The number of nitrogens with one attached hydrogen (secondary N) is 2. The number of carbonyl (C=O) groups is 1. The molecule has 0 aliphatic carbocycles. The van der Waals surface area contributed by atoms with Gasteiger partial charge in [-0.15, -0.1) is 0 Å². The van der Waals surface area contributed by atoms with Gasteiger partial charge in [0.2, 0.25) is 5.91 Å². The van der Waals surface area contributed by atoms with E-state index in [-0.39, 0.29) is 11.9 Å². The lowest BCUT2D eigenvalue weighted by atomic mass is 10.2. The van der Waals surface area contributed by atoms with E-state index in [1.54, 1.807) is 0 Å². The molecule has 2 N–H and O–H groups in total. The fourth-order valence-corrected chi connectivity index (χ4v) is 1.72. The van der Waals surface area contributed by atoms with Gasteiger partial charge in [0.15, 0.2) is 0 Å². The number of amides is 1. The van der Waals surface area contributed by atoms with Crippen LogP contribution in [0, 0.1) is 5.92 Å². The Morgan fingerprint density at radius 2 is 2.38 bits per heavy atom. The van der Waals surface area contributed by atoms with Gasteiger partial charge in [0.05, 0.1) is 0 Å². The maximum absolute atomic E-state index is 11.6. The Labute approximate surface area is 79.7 Å². The smallest absolute Gasteiger partial charge is 0.238 e. The Kier molecular flexibility index (Phi) is 3.69. The topological polar surface area (TPSA) is 44.4 Å². The molecule has 76 valence electrons. The average molecular weight is 185 g/mol. The zero-order valence-electron chi connectivity index (χ0n) is 8.63. The van der Waals surface area contributed by atoms with Crippen LogP contribution >= 0.6 is 0 Å². The van der Waals surface area contributed by atoms with E-state index >= 15 is 0 Å². The second-order valence-electron chi connectivity index (χ2n) is 3.86. The second kappa shape index (κ2) is 4.58. The Morgan fingerprint density at radius 3 is 3.00 bits per heavy atom. The third-order valence-corrected chi connectivity index (χ3v) is 2.46. The fourth-order valence-electron chi connectivity index (χ4n) is 1.72. The molecule has 1 aliphatic rings. The van der Waals surface area contributed by atoms with Crippen molar-refractivity contribution in [3.8, 4) is 0 Å². The highest BCUT2D eigenvalue weighted by Gasteiger charge is 2.26. The maximum Gasteiger partial charge on any atom is 0.238 e. The van der Waals surface area contributed by atoms with Gasteiger partial charge in [-0.05, 0) is 20.0 Å². The van der Waals surface area contributed by atoms with Crippen LogP contribution in [-0.2, 0) is 4.79 Å². The summed E-state index contributed by atoms with van der Waals surface area (Å²) in [4.78, 5) is 13.7. The summed E-state index contributed by atoms with van der Waals surface area (Å²) in [5.74, 6) is 0.678. The van der Waals surface area contributed by atoms with Crippen LogP contribution in [0.1, 0.15) is 6.92 Å². The molecular weight excluding hydrogens is 166 g/mol.